The Bertz CT molecular complexity index is 269. The van der Waals surface area contributed by atoms with Gasteiger partial charge in [0.2, 0.25) is 0 Å². The second-order valence-electron chi connectivity index (χ2n) is 3.41. The summed E-state index contributed by atoms with van der Waals surface area (Å²) in [7, 11) is 0. The highest BCUT2D eigenvalue weighted by Gasteiger charge is 2.35. The molecular weight excluding hydrogens is 182 g/mol. The molecule has 13 heavy (non-hydrogen) atoms. The van der Waals surface area contributed by atoms with Crippen LogP contribution >= 0.6 is 11.8 Å². The third-order valence-corrected chi connectivity index (χ3v) is 3.92. The molecule has 1 aromatic rings. The van der Waals surface area contributed by atoms with Gasteiger partial charge < -0.3 is 5.73 Å². The lowest BCUT2D eigenvalue weighted by Crippen LogP contribution is -2.35. The maximum Gasteiger partial charge on any atom is 0.115 e. The number of thioether (sulfide) groups is 1. The molecule has 1 fully saturated rings. The van der Waals surface area contributed by atoms with E-state index in [4.69, 9.17) is 5.73 Å². The van der Waals surface area contributed by atoms with Gasteiger partial charge in [-0.05, 0) is 17.7 Å². The highest BCUT2D eigenvalue weighted by atomic mass is 32.2. The Balaban J connectivity index is 2.31. The molecule has 0 saturated carbocycles. The van der Waals surface area contributed by atoms with Crippen molar-refractivity contribution < 1.29 is 0 Å². The fraction of sp³-hybridized carbons (Fsp3) is 0.556. The third-order valence-electron chi connectivity index (χ3n) is 2.67. The zero-order valence-corrected chi connectivity index (χ0v) is 8.26. The molecule has 0 spiro atoms. The van der Waals surface area contributed by atoms with Crippen LogP contribution in [0.5, 0.6) is 0 Å². The molecule has 3 nitrogen and oxygen atoms in total. The summed E-state index contributed by atoms with van der Waals surface area (Å²) >= 11 is 1.96. The minimum Gasteiger partial charge on any atom is -0.330 e. The Hall–Kier alpha value is -0.610. The van der Waals surface area contributed by atoms with Crippen molar-refractivity contribution in [3.63, 3.8) is 0 Å². The van der Waals surface area contributed by atoms with E-state index in [1.54, 1.807) is 6.33 Å². The predicted molar refractivity (Wildman–Crippen MR) is 54.7 cm³/mol. The van der Waals surface area contributed by atoms with Gasteiger partial charge in [-0.3, -0.25) is 0 Å². The quantitative estimate of drug-likeness (QED) is 0.758. The summed E-state index contributed by atoms with van der Waals surface area (Å²) in [6.45, 7) is 0.702. The molecule has 2 rings (SSSR count). The van der Waals surface area contributed by atoms with E-state index in [0.29, 0.717) is 6.54 Å². The number of hydrogen-bond acceptors (Lipinski definition) is 4. The number of aromatic nitrogens is 2. The van der Waals surface area contributed by atoms with E-state index in [0.717, 1.165) is 12.2 Å². The molecule has 1 saturated heterocycles. The van der Waals surface area contributed by atoms with Crippen LogP contribution in [0.2, 0.25) is 0 Å². The molecule has 0 bridgehead atoms. The van der Waals surface area contributed by atoms with Crippen LogP contribution in [0.15, 0.2) is 18.7 Å². The minimum atomic E-state index is 0.145. The maximum absolute atomic E-state index is 5.83. The van der Waals surface area contributed by atoms with Gasteiger partial charge in [0.15, 0.2) is 0 Å². The molecule has 2 N–H and O–H groups in total. The van der Waals surface area contributed by atoms with E-state index in [2.05, 4.69) is 9.97 Å². The lowest BCUT2D eigenvalue weighted by Gasteiger charge is -2.25. The highest BCUT2D eigenvalue weighted by Crippen LogP contribution is 2.37. The van der Waals surface area contributed by atoms with Crippen molar-refractivity contribution in [2.45, 2.75) is 11.8 Å². The van der Waals surface area contributed by atoms with Crippen LogP contribution in [0.25, 0.3) is 0 Å². The lowest BCUT2D eigenvalue weighted by molar-refractivity contribution is 0.494. The molecule has 1 aromatic heterocycles. The zero-order valence-electron chi connectivity index (χ0n) is 7.44. The monoisotopic (exact) mass is 195 g/mol. The Labute approximate surface area is 82.2 Å². The molecule has 0 aliphatic carbocycles. The first-order chi connectivity index (χ1) is 6.37. The third kappa shape index (κ3) is 1.56. The lowest BCUT2D eigenvalue weighted by atomic mass is 9.82. The molecular formula is C9H13N3S. The molecule has 1 aliphatic heterocycles. The molecule has 0 aromatic carbocycles. The van der Waals surface area contributed by atoms with E-state index in [1.807, 2.05) is 24.2 Å². The van der Waals surface area contributed by atoms with Gasteiger partial charge in [0.25, 0.3) is 0 Å². The zero-order chi connectivity index (χ0) is 9.15. The average molecular weight is 195 g/mol. The van der Waals surface area contributed by atoms with E-state index < -0.39 is 0 Å². The molecule has 1 atom stereocenters. The van der Waals surface area contributed by atoms with Gasteiger partial charge in [-0.15, -0.1) is 0 Å². The van der Waals surface area contributed by atoms with Gasteiger partial charge in [-0.25, -0.2) is 9.97 Å². The molecule has 4 heteroatoms. The van der Waals surface area contributed by atoms with Crippen molar-refractivity contribution in [1.82, 2.24) is 9.97 Å². The van der Waals surface area contributed by atoms with Crippen LogP contribution in [0, 0.1) is 0 Å². The number of rotatable bonds is 2. The van der Waals surface area contributed by atoms with Crippen molar-refractivity contribution in [3.05, 3.63) is 24.3 Å². The summed E-state index contributed by atoms with van der Waals surface area (Å²) in [6, 6.07) is 0. The largest absolute Gasteiger partial charge is 0.330 e. The van der Waals surface area contributed by atoms with Crippen molar-refractivity contribution in [1.29, 1.82) is 0 Å². The molecule has 70 valence electrons. The van der Waals surface area contributed by atoms with Crippen molar-refractivity contribution >= 4 is 11.8 Å². The van der Waals surface area contributed by atoms with Gasteiger partial charge in [0.1, 0.15) is 6.33 Å². The standard InChI is InChI=1S/C9H13N3S/c10-5-9(1-2-13-6-9)8-3-11-7-12-4-8/h3-4,7H,1-2,5-6,10H2. The van der Waals surface area contributed by atoms with Gasteiger partial charge in [-0.1, -0.05) is 0 Å². The van der Waals surface area contributed by atoms with Crippen LogP contribution in [-0.2, 0) is 5.41 Å². The first-order valence-corrected chi connectivity index (χ1v) is 5.56. The maximum atomic E-state index is 5.83. The fourth-order valence-corrected chi connectivity index (χ4v) is 3.19. The summed E-state index contributed by atoms with van der Waals surface area (Å²) in [5.41, 5.74) is 7.17. The summed E-state index contributed by atoms with van der Waals surface area (Å²) in [5, 5.41) is 0. The van der Waals surface area contributed by atoms with Gasteiger partial charge in [0, 0.05) is 30.1 Å². The summed E-state index contributed by atoms with van der Waals surface area (Å²) < 4.78 is 0. The molecule has 1 unspecified atom stereocenters. The minimum absolute atomic E-state index is 0.145. The summed E-state index contributed by atoms with van der Waals surface area (Å²) in [6.07, 6.45) is 6.51. The SMILES string of the molecule is NCC1(c2cncnc2)CCSC1. The fourth-order valence-electron chi connectivity index (χ4n) is 1.69. The van der Waals surface area contributed by atoms with E-state index in [9.17, 15) is 0 Å². The second-order valence-corrected chi connectivity index (χ2v) is 4.52. The Morgan fingerprint density at radius 3 is 2.77 bits per heavy atom. The van der Waals surface area contributed by atoms with Crippen molar-refractivity contribution in [3.8, 4) is 0 Å². The number of nitrogens with two attached hydrogens (primary N) is 1. The molecule has 2 heterocycles. The van der Waals surface area contributed by atoms with E-state index in [-0.39, 0.29) is 5.41 Å². The van der Waals surface area contributed by atoms with Crippen LogP contribution in [0.4, 0.5) is 0 Å². The Kier molecular flexibility index (Phi) is 2.51. The first-order valence-electron chi connectivity index (χ1n) is 4.41. The van der Waals surface area contributed by atoms with Gasteiger partial charge in [-0.2, -0.15) is 11.8 Å². The second kappa shape index (κ2) is 3.64. The number of hydrogen-bond donors (Lipinski definition) is 1. The Morgan fingerprint density at radius 1 is 1.46 bits per heavy atom. The average Bonchev–Trinajstić information content (AvgIpc) is 2.69. The van der Waals surface area contributed by atoms with Crippen molar-refractivity contribution in [2.75, 3.05) is 18.1 Å². The first kappa shape index (κ1) is 8.97. The molecule has 0 radical (unpaired) electrons. The highest BCUT2D eigenvalue weighted by molar-refractivity contribution is 7.99. The predicted octanol–water partition coefficient (Wildman–Crippen LogP) is 0.810. The van der Waals surface area contributed by atoms with Gasteiger partial charge >= 0.3 is 0 Å². The number of nitrogens with zero attached hydrogens (tertiary/aromatic N) is 2. The van der Waals surface area contributed by atoms with Crippen LogP contribution in [-0.4, -0.2) is 28.0 Å². The molecule has 1 aliphatic rings. The summed E-state index contributed by atoms with van der Waals surface area (Å²) in [4.78, 5) is 8.09. The summed E-state index contributed by atoms with van der Waals surface area (Å²) in [5.74, 6) is 2.31. The van der Waals surface area contributed by atoms with E-state index in [1.165, 1.54) is 11.3 Å². The topological polar surface area (TPSA) is 51.8 Å². The van der Waals surface area contributed by atoms with Crippen molar-refractivity contribution in [2.24, 2.45) is 5.73 Å². The van der Waals surface area contributed by atoms with Crippen LogP contribution in [0.1, 0.15) is 12.0 Å². The van der Waals surface area contributed by atoms with Crippen LogP contribution in [0.3, 0.4) is 0 Å². The van der Waals surface area contributed by atoms with Gasteiger partial charge in [0.05, 0.1) is 0 Å². The molecule has 0 amide bonds. The Morgan fingerprint density at radius 2 is 2.23 bits per heavy atom. The normalized spacial score (nSPS) is 27.8. The van der Waals surface area contributed by atoms with Crippen LogP contribution < -0.4 is 5.73 Å². The smallest absolute Gasteiger partial charge is 0.115 e. The van der Waals surface area contributed by atoms with E-state index >= 15 is 0 Å².